The van der Waals surface area contributed by atoms with E-state index in [1.165, 1.54) is 6.07 Å². The lowest BCUT2D eigenvalue weighted by Crippen LogP contribution is -2.45. The van der Waals surface area contributed by atoms with Gasteiger partial charge in [0.2, 0.25) is 0 Å². The molecule has 1 N–H and O–H groups in total. The monoisotopic (exact) mass is 273 g/mol. The molecule has 1 aliphatic heterocycles. The van der Waals surface area contributed by atoms with E-state index >= 15 is 0 Å². The second-order valence-corrected chi connectivity index (χ2v) is 4.99. The normalized spacial score (nSPS) is 19.2. The van der Waals surface area contributed by atoms with Gasteiger partial charge in [-0.15, -0.1) is 0 Å². The first-order valence-electron chi connectivity index (χ1n) is 6.69. The Hall–Kier alpha value is -2.30. The van der Waals surface area contributed by atoms with E-state index < -0.39 is 17.6 Å². The van der Waals surface area contributed by atoms with Crippen molar-refractivity contribution in [1.29, 1.82) is 0 Å². The first-order valence-corrected chi connectivity index (χ1v) is 6.69. The van der Waals surface area contributed by atoms with Gasteiger partial charge < -0.3 is 14.4 Å². The van der Waals surface area contributed by atoms with E-state index in [0.717, 1.165) is 18.2 Å². The van der Waals surface area contributed by atoms with Gasteiger partial charge in [0.05, 0.1) is 5.69 Å². The summed E-state index contributed by atoms with van der Waals surface area (Å²) in [5.74, 6) is -0.845. The molecule has 1 atom stereocenters. The lowest BCUT2D eigenvalue weighted by molar-refractivity contribution is -0.139. The Labute approximate surface area is 115 Å². The lowest BCUT2D eigenvalue weighted by Gasteiger charge is -2.35. The van der Waals surface area contributed by atoms with Crippen molar-refractivity contribution >= 4 is 22.6 Å². The Kier molecular flexibility index (Phi) is 3.18. The lowest BCUT2D eigenvalue weighted by atomic mass is 10.0. The number of nitrogens with zero attached hydrogens (tertiary/aromatic N) is 1. The fourth-order valence-corrected chi connectivity index (χ4v) is 2.81. The molecule has 3 rings (SSSR count). The fourth-order valence-electron chi connectivity index (χ4n) is 2.81. The minimum absolute atomic E-state index is 0.451. The van der Waals surface area contributed by atoms with Gasteiger partial charge in [-0.3, -0.25) is 0 Å². The van der Waals surface area contributed by atoms with Gasteiger partial charge in [0.25, 0.3) is 0 Å². The van der Waals surface area contributed by atoms with Gasteiger partial charge in [-0.05, 0) is 31.4 Å². The Bertz CT molecular complexity index is 706. The molecule has 0 unspecified atom stereocenters. The van der Waals surface area contributed by atoms with Crippen molar-refractivity contribution in [3.8, 4) is 0 Å². The van der Waals surface area contributed by atoms with Crippen LogP contribution < -0.4 is 10.5 Å². The summed E-state index contributed by atoms with van der Waals surface area (Å²) in [5.41, 5.74) is 0.696. The zero-order valence-corrected chi connectivity index (χ0v) is 10.9. The molecule has 1 aromatic heterocycles. The molecule has 104 valence electrons. The maximum absolute atomic E-state index is 11.7. The van der Waals surface area contributed by atoms with E-state index in [4.69, 9.17) is 4.42 Å². The number of hydrogen-bond acceptors (Lipinski definition) is 4. The third-order valence-corrected chi connectivity index (χ3v) is 3.73. The zero-order valence-electron chi connectivity index (χ0n) is 10.9. The van der Waals surface area contributed by atoms with E-state index in [-0.39, 0.29) is 0 Å². The van der Waals surface area contributed by atoms with Crippen molar-refractivity contribution in [2.75, 3.05) is 11.4 Å². The van der Waals surface area contributed by atoms with Crippen molar-refractivity contribution in [3.05, 3.63) is 40.8 Å². The van der Waals surface area contributed by atoms with Crippen LogP contribution in [0.15, 0.2) is 39.5 Å². The number of anilines is 1. The molecule has 5 heteroatoms. The summed E-state index contributed by atoms with van der Waals surface area (Å²) in [4.78, 5) is 24.9. The van der Waals surface area contributed by atoms with E-state index in [1.54, 1.807) is 12.1 Å². The Morgan fingerprint density at radius 1 is 1.30 bits per heavy atom. The van der Waals surface area contributed by atoms with Gasteiger partial charge in [0.1, 0.15) is 11.6 Å². The molecular weight excluding hydrogens is 258 g/mol. The van der Waals surface area contributed by atoms with Gasteiger partial charge in [0.15, 0.2) is 0 Å². The molecule has 20 heavy (non-hydrogen) atoms. The van der Waals surface area contributed by atoms with E-state index in [9.17, 15) is 14.7 Å². The molecule has 1 saturated heterocycles. The van der Waals surface area contributed by atoms with Crippen molar-refractivity contribution in [1.82, 2.24) is 0 Å². The summed E-state index contributed by atoms with van der Waals surface area (Å²) in [5, 5.41) is 10.1. The fraction of sp³-hybridized carbons (Fsp3) is 0.333. The quantitative estimate of drug-likeness (QED) is 0.850. The smallest absolute Gasteiger partial charge is 0.338 e. The average Bonchev–Trinajstić information content (AvgIpc) is 2.46. The van der Waals surface area contributed by atoms with Gasteiger partial charge in [-0.1, -0.05) is 12.1 Å². The van der Waals surface area contributed by atoms with Crippen LogP contribution in [0, 0.1) is 0 Å². The summed E-state index contributed by atoms with van der Waals surface area (Å²) in [7, 11) is 0. The van der Waals surface area contributed by atoms with Crippen molar-refractivity contribution in [3.63, 3.8) is 0 Å². The highest BCUT2D eigenvalue weighted by atomic mass is 16.4. The second-order valence-electron chi connectivity index (χ2n) is 4.99. The summed E-state index contributed by atoms with van der Waals surface area (Å²) in [6.07, 6.45) is 2.43. The van der Waals surface area contributed by atoms with Crippen LogP contribution >= 0.6 is 0 Å². The van der Waals surface area contributed by atoms with Crippen molar-refractivity contribution in [2.24, 2.45) is 0 Å². The molecule has 1 aliphatic rings. The number of carboxylic acid groups (broad SMARTS) is 1. The van der Waals surface area contributed by atoms with Crippen LogP contribution in [0.2, 0.25) is 0 Å². The molecule has 0 spiro atoms. The molecule has 0 radical (unpaired) electrons. The maximum atomic E-state index is 11.7. The van der Waals surface area contributed by atoms with Crippen LogP contribution in [-0.4, -0.2) is 23.7 Å². The number of benzene rings is 1. The predicted octanol–water partition coefficient (Wildman–Crippen LogP) is 2.24. The highest BCUT2D eigenvalue weighted by Crippen LogP contribution is 2.30. The number of aliphatic carboxylic acids is 1. The molecule has 2 heterocycles. The Morgan fingerprint density at radius 3 is 2.90 bits per heavy atom. The van der Waals surface area contributed by atoms with E-state index in [2.05, 4.69) is 0 Å². The first kappa shape index (κ1) is 12.7. The Balaban J connectivity index is 2.17. The molecular formula is C15H15NO4. The van der Waals surface area contributed by atoms with Crippen LogP contribution in [0.1, 0.15) is 19.3 Å². The summed E-state index contributed by atoms with van der Waals surface area (Å²) in [6.45, 7) is 0.643. The third-order valence-electron chi connectivity index (χ3n) is 3.73. The predicted molar refractivity (Wildman–Crippen MR) is 75.1 cm³/mol. The molecule has 0 bridgehead atoms. The number of carbonyl (C=O) groups is 1. The topological polar surface area (TPSA) is 70.8 Å². The molecule has 0 aliphatic carbocycles. The molecule has 1 fully saturated rings. The van der Waals surface area contributed by atoms with Gasteiger partial charge in [-0.2, -0.15) is 0 Å². The summed E-state index contributed by atoms with van der Waals surface area (Å²) in [6, 6.07) is 8.03. The molecule has 0 saturated carbocycles. The van der Waals surface area contributed by atoms with Gasteiger partial charge in [0, 0.05) is 18.0 Å². The molecule has 0 amide bonds. The van der Waals surface area contributed by atoms with Crippen LogP contribution in [0.4, 0.5) is 5.69 Å². The molecule has 1 aromatic carbocycles. The number of piperidine rings is 1. The third kappa shape index (κ3) is 2.15. The van der Waals surface area contributed by atoms with Crippen LogP contribution in [0.3, 0.4) is 0 Å². The standard InChI is InChI=1S/C15H15NO4/c17-14-9-12(10-5-1-2-7-13(10)20-14)16-8-4-3-6-11(16)15(18)19/h1-2,5,7,9,11H,3-4,6,8H2,(H,18,19)/t11-/m1/s1. The summed E-state index contributed by atoms with van der Waals surface area (Å²) >= 11 is 0. The molecule has 2 aromatic rings. The van der Waals surface area contributed by atoms with Crippen LogP contribution in [0.5, 0.6) is 0 Å². The number of hydrogen-bond donors (Lipinski definition) is 1. The maximum Gasteiger partial charge on any atom is 0.338 e. The van der Waals surface area contributed by atoms with Gasteiger partial charge >= 0.3 is 11.6 Å². The SMILES string of the molecule is O=C(O)[C@H]1CCCCN1c1cc(=O)oc2ccccc12. The van der Waals surface area contributed by atoms with E-state index in [0.29, 0.717) is 24.2 Å². The minimum Gasteiger partial charge on any atom is -0.480 e. The first-order chi connectivity index (χ1) is 9.66. The van der Waals surface area contributed by atoms with Gasteiger partial charge in [-0.25, -0.2) is 9.59 Å². The highest BCUT2D eigenvalue weighted by Gasteiger charge is 2.30. The highest BCUT2D eigenvalue weighted by molar-refractivity contribution is 5.92. The Morgan fingerprint density at radius 2 is 2.10 bits per heavy atom. The second kappa shape index (κ2) is 5.00. The van der Waals surface area contributed by atoms with Crippen LogP contribution in [0.25, 0.3) is 11.0 Å². The van der Waals surface area contributed by atoms with E-state index in [1.807, 2.05) is 17.0 Å². The average molecular weight is 273 g/mol. The number of para-hydroxylation sites is 1. The van der Waals surface area contributed by atoms with Crippen LogP contribution in [-0.2, 0) is 4.79 Å². The van der Waals surface area contributed by atoms with Crippen molar-refractivity contribution < 1.29 is 14.3 Å². The number of fused-ring (bicyclic) bond motifs is 1. The van der Waals surface area contributed by atoms with Crippen molar-refractivity contribution in [2.45, 2.75) is 25.3 Å². The minimum atomic E-state index is -0.845. The number of rotatable bonds is 2. The summed E-state index contributed by atoms with van der Waals surface area (Å²) < 4.78 is 5.16. The number of carboxylic acids is 1. The zero-order chi connectivity index (χ0) is 14.1. The largest absolute Gasteiger partial charge is 0.480 e. The molecule has 5 nitrogen and oxygen atoms in total.